The van der Waals surface area contributed by atoms with Gasteiger partial charge in [-0.25, -0.2) is 0 Å². The van der Waals surface area contributed by atoms with E-state index in [2.05, 4.69) is 10.1 Å². The van der Waals surface area contributed by atoms with Crippen molar-refractivity contribution in [2.75, 3.05) is 7.11 Å². The van der Waals surface area contributed by atoms with E-state index in [9.17, 15) is 0 Å². The number of thioether (sulfide) groups is 1. The normalized spacial score (nSPS) is 12.3. The molecular formula is C15H14N2O3S. The van der Waals surface area contributed by atoms with Crippen molar-refractivity contribution < 1.29 is 13.7 Å². The molecule has 0 bridgehead atoms. The first-order valence-corrected chi connectivity index (χ1v) is 7.32. The van der Waals surface area contributed by atoms with Gasteiger partial charge < -0.3 is 13.7 Å². The average Bonchev–Trinajstić information content (AvgIpc) is 3.19. The first-order valence-electron chi connectivity index (χ1n) is 6.44. The standard InChI is InChI=1S/C15H14N2O3S/c1-10(21-12-7-5-11(18-2)6-8-12)15-16-14(17-20-15)13-4-3-9-19-13/h3-10H,1-2H3/t10-/m1/s1. The molecular weight excluding hydrogens is 288 g/mol. The highest BCUT2D eigenvalue weighted by molar-refractivity contribution is 7.99. The molecule has 0 aliphatic carbocycles. The van der Waals surface area contributed by atoms with E-state index in [-0.39, 0.29) is 5.25 Å². The minimum atomic E-state index is 0.0506. The summed E-state index contributed by atoms with van der Waals surface area (Å²) >= 11 is 1.64. The third-order valence-corrected chi connectivity index (χ3v) is 4.00. The van der Waals surface area contributed by atoms with Gasteiger partial charge in [0.15, 0.2) is 5.76 Å². The lowest BCUT2D eigenvalue weighted by atomic mass is 10.3. The molecule has 0 fully saturated rings. The Morgan fingerprint density at radius 1 is 1.19 bits per heavy atom. The van der Waals surface area contributed by atoms with E-state index in [4.69, 9.17) is 13.7 Å². The van der Waals surface area contributed by atoms with Crippen LogP contribution in [0.5, 0.6) is 5.75 Å². The van der Waals surface area contributed by atoms with Crippen LogP contribution in [-0.2, 0) is 0 Å². The van der Waals surface area contributed by atoms with Crippen LogP contribution < -0.4 is 4.74 Å². The van der Waals surface area contributed by atoms with E-state index < -0.39 is 0 Å². The quantitative estimate of drug-likeness (QED) is 0.658. The molecule has 0 saturated carbocycles. The molecule has 0 amide bonds. The molecule has 0 radical (unpaired) electrons. The van der Waals surface area contributed by atoms with Crippen LogP contribution in [0.1, 0.15) is 18.1 Å². The molecule has 5 nitrogen and oxygen atoms in total. The summed E-state index contributed by atoms with van der Waals surface area (Å²) in [6.45, 7) is 2.02. The molecule has 2 aromatic heterocycles. The van der Waals surface area contributed by atoms with E-state index in [1.807, 2.05) is 31.2 Å². The predicted octanol–water partition coefficient (Wildman–Crippen LogP) is 4.19. The van der Waals surface area contributed by atoms with Crippen molar-refractivity contribution in [3.8, 4) is 17.3 Å². The molecule has 108 valence electrons. The smallest absolute Gasteiger partial charge is 0.240 e. The first-order chi connectivity index (χ1) is 10.3. The summed E-state index contributed by atoms with van der Waals surface area (Å²) in [6, 6.07) is 11.5. The molecule has 0 unspecified atom stereocenters. The average molecular weight is 302 g/mol. The molecule has 2 heterocycles. The zero-order valence-corrected chi connectivity index (χ0v) is 12.5. The molecule has 3 rings (SSSR count). The molecule has 21 heavy (non-hydrogen) atoms. The Bertz CT molecular complexity index is 692. The highest BCUT2D eigenvalue weighted by Crippen LogP contribution is 2.35. The number of hydrogen-bond donors (Lipinski definition) is 0. The predicted molar refractivity (Wildman–Crippen MR) is 79.3 cm³/mol. The Kier molecular flexibility index (Phi) is 3.96. The van der Waals surface area contributed by atoms with Gasteiger partial charge in [0.25, 0.3) is 0 Å². The summed E-state index contributed by atoms with van der Waals surface area (Å²) in [5.74, 6) is 2.48. The van der Waals surface area contributed by atoms with Crippen LogP contribution in [0.15, 0.2) is 56.5 Å². The largest absolute Gasteiger partial charge is 0.497 e. The lowest BCUT2D eigenvalue weighted by Gasteiger charge is -2.06. The Hall–Kier alpha value is -2.21. The Balaban J connectivity index is 1.71. The summed E-state index contributed by atoms with van der Waals surface area (Å²) < 4.78 is 15.7. The SMILES string of the molecule is COc1ccc(S[C@H](C)c2nc(-c3ccco3)no2)cc1. The maximum atomic E-state index is 5.30. The fourth-order valence-electron chi connectivity index (χ4n) is 1.82. The number of ether oxygens (including phenoxy) is 1. The molecule has 0 aliphatic rings. The second kappa shape index (κ2) is 6.05. The van der Waals surface area contributed by atoms with Crippen LogP contribution in [0, 0.1) is 0 Å². The summed E-state index contributed by atoms with van der Waals surface area (Å²) in [5.41, 5.74) is 0. The number of methoxy groups -OCH3 is 1. The molecule has 0 aliphatic heterocycles. The number of rotatable bonds is 5. The van der Waals surface area contributed by atoms with E-state index in [0.717, 1.165) is 10.6 Å². The van der Waals surface area contributed by atoms with Crippen molar-refractivity contribution >= 4 is 11.8 Å². The van der Waals surface area contributed by atoms with Crippen molar-refractivity contribution in [3.63, 3.8) is 0 Å². The van der Waals surface area contributed by atoms with Gasteiger partial charge in [0.1, 0.15) is 5.75 Å². The van der Waals surface area contributed by atoms with Gasteiger partial charge in [-0.05, 0) is 43.3 Å². The molecule has 3 aromatic rings. The van der Waals surface area contributed by atoms with Crippen molar-refractivity contribution in [2.45, 2.75) is 17.1 Å². The van der Waals surface area contributed by atoms with Crippen LogP contribution in [0.2, 0.25) is 0 Å². The van der Waals surface area contributed by atoms with Crippen molar-refractivity contribution in [2.24, 2.45) is 0 Å². The summed E-state index contributed by atoms with van der Waals surface area (Å²) in [5, 5.41) is 3.99. The van der Waals surface area contributed by atoms with Gasteiger partial charge >= 0.3 is 0 Å². The molecule has 0 N–H and O–H groups in total. The van der Waals surface area contributed by atoms with Gasteiger partial charge in [-0.2, -0.15) is 4.98 Å². The van der Waals surface area contributed by atoms with Crippen LogP contribution in [0.4, 0.5) is 0 Å². The lowest BCUT2D eigenvalue weighted by molar-refractivity contribution is 0.379. The fourth-order valence-corrected chi connectivity index (χ4v) is 2.71. The first kappa shape index (κ1) is 13.8. The Morgan fingerprint density at radius 3 is 2.67 bits per heavy atom. The molecule has 1 atom stereocenters. The van der Waals surface area contributed by atoms with Crippen LogP contribution in [0.25, 0.3) is 11.6 Å². The number of benzene rings is 1. The highest BCUT2D eigenvalue weighted by atomic mass is 32.2. The van der Waals surface area contributed by atoms with Gasteiger partial charge in [0.2, 0.25) is 11.7 Å². The third kappa shape index (κ3) is 3.11. The van der Waals surface area contributed by atoms with Crippen LogP contribution in [0.3, 0.4) is 0 Å². The zero-order chi connectivity index (χ0) is 14.7. The van der Waals surface area contributed by atoms with E-state index >= 15 is 0 Å². The fraction of sp³-hybridized carbons (Fsp3) is 0.200. The molecule has 1 aromatic carbocycles. The second-order valence-electron chi connectivity index (χ2n) is 4.37. The molecule has 6 heteroatoms. The highest BCUT2D eigenvalue weighted by Gasteiger charge is 2.17. The summed E-state index contributed by atoms with van der Waals surface area (Å²) in [4.78, 5) is 5.48. The summed E-state index contributed by atoms with van der Waals surface area (Å²) in [7, 11) is 1.65. The van der Waals surface area contributed by atoms with Crippen LogP contribution >= 0.6 is 11.8 Å². The van der Waals surface area contributed by atoms with Gasteiger partial charge in [0, 0.05) is 4.90 Å². The molecule has 0 spiro atoms. The zero-order valence-electron chi connectivity index (χ0n) is 11.6. The number of aromatic nitrogens is 2. The summed E-state index contributed by atoms with van der Waals surface area (Å²) in [6.07, 6.45) is 1.58. The van der Waals surface area contributed by atoms with Crippen molar-refractivity contribution in [1.82, 2.24) is 10.1 Å². The van der Waals surface area contributed by atoms with Crippen molar-refractivity contribution in [1.29, 1.82) is 0 Å². The third-order valence-electron chi connectivity index (χ3n) is 2.90. The molecule has 0 saturated heterocycles. The lowest BCUT2D eigenvalue weighted by Crippen LogP contribution is -1.89. The van der Waals surface area contributed by atoms with Gasteiger partial charge in [-0.3, -0.25) is 0 Å². The maximum Gasteiger partial charge on any atom is 0.240 e. The Labute approximate surface area is 126 Å². The van der Waals surface area contributed by atoms with Crippen LogP contribution in [-0.4, -0.2) is 17.3 Å². The minimum Gasteiger partial charge on any atom is -0.497 e. The van der Waals surface area contributed by atoms with Gasteiger partial charge in [-0.1, -0.05) is 5.16 Å². The Morgan fingerprint density at radius 2 is 2.00 bits per heavy atom. The maximum absolute atomic E-state index is 5.30. The van der Waals surface area contributed by atoms with Crippen molar-refractivity contribution in [3.05, 3.63) is 48.6 Å². The second-order valence-corrected chi connectivity index (χ2v) is 5.78. The topological polar surface area (TPSA) is 61.3 Å². The monoisotopic (exact) mass is 302 g/mol. The number of nitrogens with zero attached hydrogens (tertiary/aromatic N) is 2. The van der Waals surface area contributed by atoms with E-state index in [0.29, 0.717) is 17.5 Å². The van der Waals surface area contributed by atoms with E-state index in [1.54, 1.807) is 37.3 Å². The number of hydrogen-bond acceptors (Lipinski definition) is 6. The van der Waals surface area contributed by atoms with Gasteiger partial charge in [0.05, 0.1) is 18.6 Å². The van der Waals surface area contributed by atoms with E-state index in [1.165, 1.54) is 0 Å². The minimum absolute atomic E-state index is 0.0506. The van der Waals surface area contributed by atoms with Gasteiger partial charge in [-0.15, -0.1) is 11.8 Å². The number of furan rings is 1.